The van der Waals surface area contributed by atoms with E-state index in [2.05, 4.69) is 5.32 Å². The Balaban J connectivity index is 1.54. The van der Waals surface area contributed by atoms with E-state index in [4.69, 9.17) is 5.11 Å². The fourth-order valence-electron chi connectivity index (χ4n) is 3.59. The number of nitrogens with zero attached hydrogens (tertiary/aromatic N) is 1. The Morgan fingerprint density at radius 2 is 1.88 bits per heavy atom. The van der Waals surface area contributed by atoms with Crippen molar-refractivity contribution in [3.05, 3.63) is 35.6 Å². The molecule has 0 bridgehead atoms. The molecule has 1 aliphatic carbocycles. The van der Waals surface area contributed by atoms with Gasteiger partial charge in [-0.05, 0) is 36.5 Å². The van der Waals surface area contributed by atoms with E-state index in [1.165, 1.54) is 12.1 Å². The quantitative estimate of drug-likeness (QED) is 0.800. The van der Waals surface area contributed by atoms with Crippen LogP contribution in [0.25, 0.3) is 0 Å². The zero-order valence-corrected chi connectivity index (χ0v) is 13.7. The number of hydrogen-bond donors (Lipinski definition) is 2. The lowest BCUT2D eigenvalue weighted by atomic mass is 9.76. The topological polar surface area (TPSA) is 69.6 Å². The summed E-state index contributed by atoms with van der Waals surface area (Å²) in [6.07, 6.45) is -3.54. The smallest absolute Gasteiger partial charge is 0.394 e. The van der Waals surface area contributed by atoms with Crippen molar-refractivity contribution in [3.8, 4) is 0 Å². The van der Waals surface area contributed by atoms with Crippen LogP contribution in [-0.2, 0) is 4.79 Å². The van der Waals surface area contributed by atoms with Gasteiger partial charge in [-0.3, -0.25) is 4.79 Å². The van der Waals surface area contributed by atoms with Crippen molar-refractivity contribution < 1.29 is 32.3 Å². The highest BCUT2D eigenvalue weighted by Gasteiger charge is 2.53. The number of rotatable bonds is 3. The summed E-state index contributed by atoms with van der Waals surface area (Å²) in [6, 6.07) is 5.25. The molecule has 5 nitrogen and oxygen atoms in total. The van der Waals surface area contributed by atoms with Gasteiger partial charge in [0.15, 0.2) is 0 Å². The SMILES string of the molecule is O=C(O)[C@@H]1CN(C(=O)NC2CC(c3cccc(F)c3)C2)C[C@H]1C(F)(F)F. The first-order valence-electron chi connectivity index (χ1n) is 8.25. The third kappa shape index (κ3) is 3.76. The third-order valence-corrected chi connectivity index (χ3v) is 5.13. The van der Waals surface area contributed by atoms with Gasteiger partial charge < -0.3 is 15.3 Å². The Morgan fingerprint density at radius 1 is 1.19 bits per heavy atom. The van der Waals surface area contributed by atoms with Crippen LogP contribution in [0.2, 0.25) is 0 Å². The first-order valence-corrected chi connectivity index (χ1v) is 8.25. The third-order valence-electron chi connectivity index (χ3n) is 5.13. The van der Waals surface area contributed by atoms with Gasteiger partial charge in [0.25, 0.3) is 0 Å². The first kappa shape index (κ1) is 18.5. The van der Waals surface area contributed by atoms with Crippen molar-refractivity contribution >= 4 is 12.0 Å². The molecule has 142 valence electrons. The summed E-state index contributed by atoms with van der Waals surface area (Å²) in [7, 11) is 0. The zero-order valence-electron chi connectivity index (χ0n) is 13.7. The average molecular weight is 374 g/mol. The van der Waals surface area contributed by atoms with Gasteiger partial charge in [-0.2, -0.15) is 13.2 Å². The highest BCUT2D eigenvalue weighted by atomic mass is 19.4. The predicted molar refractivity (Wildman–Crippen MR) is 82.9 cm³/mol. The number of aliphatic carboxylic acids is 1. The van der Waals surface area contributed by atoms with Crippen LogP contribution in [0.5, 0.6) is 0 Å². The van der Waals surface area contributed by atoms with Gasteiger partial charge in [-0.1, -0.05) is 12.1 Å². The van der Waals surface area contributed by atoms with Gasteiger partial charge >= 0.3 is 18.2 Å². The van der Waals surface area contributed by atoms with Crippen molar-refractivity contribution in [1.82, 2.24) is 10.2 Å². The number of carbonyl (C=O) groups excluding carboxylic acids is 1. The van der Waals surface area contributed by atoms with E-state index in [-0.39, 0.29) is 17.8 Å². The molecule has 1 aliphatic heterocycles. The Morgan fingerprint density at radius 3 is 2.42 bits per heavy atom. The highest BCUT2D eigenvalue weighted by Crippen LogP contribution is 2.39. The summed E-state index contributed by atoms with van der Waals surface area (Å²) in [4.78, 5) is 24.1. The molecule has 2 atom stereocenters. The number of benzene rings is 1. The highest BCUT2D eigenvalue weighted by molar-refractivity contribution is 5.78. The lowest BCUT2D eigenvalue weighted by Gasteiger charge is -2.37. The molecule has 0 radical (unpaired) electrons. The van der Waals surface area contributed by atoms with E-state index in [1.807, 2.05) is 0 Å². The fourth-order valence-corrected chi connectivity index (χ4v) is 3.59. The summed E-state index contributed by atoms with van der Waals surface area (Å²) in [5, 5.41) is 11.6. The first-order chi connectivity index (χ1) is 12.1. The minimum atomic E-state index is -4.67. The Labute approximate surface area is 147 Å². The number of carboxylic acids is 1. The molecular weight excluding hydrogens is 356 g/mol. The number of urea groups is 1. The summed E-state index contributed by atoms with van der Waals surface area (Å²) < 4.78 is 52.1. The summed E-state index contributed by atoms with van der Waals surface area (Å²) in [6.45, 7) is -1.13. The molecule has 1 aromatic carbocycles. The van der Waals surface area contributed by atoms with Crippen LogP contribution in [0.1, 0.15) is 24.3 Å². The zero-order chi connectivity index (χ0) is 19.1. The number of carboxylic acid groups (broad SMARTS) is 1. The van der Waals surface area contributed by atoms with Crippen LogP contribution in [0.3, 0.4) is 0 Å². The van der Waals surface area contributed by atoms with Gasteiger partial charge in [-0.15, -0.1) is 0 Å². The second-order valence-electron chi connectivity index (χ2n) is 6.87. The normalized spacial score (nSPS) is 28.5. The molecule has 1 saturated carbocycles. The molecule has 0 unspecified atom stereocenters. The van der Waals surface area contributed by atoms with E-state index >= 15 is 0 Å². The molecular formula is C17H18F4N2O3. The van der Waals surface area contributed by atoms with Gasteiger partial charge in [0.2, 0.25) is 0 Å². The molecule has 2 fully saturated rings. The van der Waals surface area contributed by atoms with E-state index in [0.29, 0.717) is 12.8 Å². The van der Waals surface area contributed by atoms with E-state index in [1.54, 1.807) is 12.1 Å². The van der Waals surface area contributed by atoms with Crippen molar-refractivity contribution in [3.63, 3.8) is 0 Å². The van der Waals surface area contributed by atoms with Crippen molar-refractivity contribution in [2.75, 3.05) is 13.1 Å². The number of carbonyl (C=O) groups is 2. The summed E-state index contributed by atoms with van der Waals surface area (Å²) >= 11 is 0. The predicted octanol–water partition coefficient (Wildman–Crippen LogP) is 2.98. The summed E-state index contributed by atoms with van der Waals surface area (Å²) in [5.41, 5.74) is 0.819. The maximum absolute atomic E-state index is 13.2. The van der Waals surface area contributed by atoms with Crippen LogP contribution in [0, 0.1) is 17.7 Å². The van der Waals surface area contributed by atoms with Gasteiger partial charge in [0.1, 0.15) is 5.82 Å². The molecule has 3 rings (SSSR count). The molecule has 2 N–H and O–H groups in total. The van der Waals surface area contributed by atoms with Crippen LogP contribution in [-0.4, -0.2) is 47.3 Å². The van der Waals surface area contributed by atoms with E-state index in [0.717, 1.165) is 10.5 Å². The van der Waals surface area contributed by atoms with Crippen molar-refractivity contribution in [2.24, 2.45) is 11.8 Å². The van der Waals surface area contributed by atoms with Gasteiger partial charge in [-0.25, -0.2) is 9.18 Å². The van der Waals surface area contributed by atoms with Crippen molar-refractivity contribution in [1.29, 1.82) is 0 Å². The molecule has 26 heavy (non-hydrogen) atoms. The average Bonchev–Trinajstić information content (AvgIpc) is 2.96. The largest absolute Gasteiger partial charge is 0.481 e. The maximum atomic E-state index is 13.2. The Bertz CT molecular complexity index is 703. The number of nitrogens with one attached hydrogen (secondary N) is 1. The Kier molecular flexibility index (Phi) is 4.81. The van der Waals surface area contributed by atoms with Gasteiger partial charge in [0, 0.05) is 19.1 Å². The monoisotopic (exact) mass is 374 g/mol. The molecule has 2 aliphatic rings. The second-order valence-corrected chi connectivity index (χ2v) is 6.87. The second kappa shape index (κ2) is 6.77. The molecule has 0 spiro atoms. The van der Waals surface area contributed by atoms with Crippen molar-refractivity contribution in [2.45, 2.75) is 31.0 Å². The molecule has 9 heteroatoms. The fraction of sp³-hybridized carbons (Fsp3) is 0.529. The number of hydrogen-bond acceptors (Lipinski definition) is 2. The maximum Gasteiger partial charge on any atom is 0.394 e. The van der Waals surface area contributed by atoms with Crippen LogP contribution < -0.4 is 5.32 Å². The Hall–Kier alpha value is -2.32. The number of halogens is 4. The lowest BCUT2D eigenvalue weighted by molar-refractivity contribution is -0.187. The van der Waals surface area contributed by atoms with Gasteiger partial charge in [0.05, 0.1) is 11.8 Å². The number of alkyl halides is 3. The van der Waals surface area contributed by atoms with Crippen LogP contribution in [0.15, 0.2) is 24.3 Å². The van der Waals surface area contributed by atoms with E-state index < -0.39 is 43.1 Å². The summed E-state index contributed by atoms with van der Waals surface area (Å²) in [5.74, 6) is -5.53. The van der Waals surface area contributed by atoms with Crippen LogP contribution >= 0.6 is 0 Å². The molecule has 1 aromatic rings. The molecule has 1 heterocycles. The number of amides is 2. The standard InChI is InChI=1S/C17H18F4N2O3/c18-11-3-1-2-9(4-11)10-5-12(6-10)22-16(26)23-7-13(15(24)25)14(8-23)17(19,20)21/h1-4,10,12-14H,5-8H2,(H,22,26)(H,24,25)/t10?,12?,13-,14-/m1/s1. The minimum absolute atomic E-state index is 0.0873. The number of likely N-dealkylation sites (tertiary alicyclic amines) is 1. The van der Waals surface area contributed by atoms with Crippen LogP contribution in [0.4, 0.5) is 22.4 Å². The lowest BCUT2D eigenvalue weighted by Crippen LogP contribution is -2.49. The van der Waals surface area contributed by atoms with E-state index in [9.17, 15) is 27.2 Å². The minimum Gasteiger partial charge on any atom is -0.481 e. The molecule has 2 amide bonds. The molecule has 0 aromatic heterocycles. The molecule has 1 saturated heterocycles.